The Morgan fingerprint density at radius 3 is 2.81 bits per heavy atom. The first kappa shape index (κ1) is 20.2. The number of anilines is 1. The molecule has 4 aromatic rings. The van der Waals surface area contributed by atoms with E-state index in [0.29, 0.717) is 0 Å². The van der Waals surface area contributed by atoms with E-state index >= 15 is 0 Å². The van der Waals surface area contributed by atoms with Crippen LogP contribution in [0, 0.1) is 6.92 Å². The number of amides is 1. The Morgan fingerprint density at radius 1 is 1.16 bits per heavy atom. The SMILES string of the molecule is Cc1ccccc1OCC(=O)Nc1sc2c(c1-c1nc3ccccc3s1)CCN(C)C2. The lowest BCUT2D eigenvalue weighted by atomic mass is 10.0. The number of thiophene rings is 1. The maximum absolute atomic E-state index is 12.8. The predicted molar refractivity (Wildman–Crippen MR) is 128 cm³/mol. The smallest absolute Gasteiger partial charge is 0.262 e. The molecule has 3 heterocycles. The number of hydrogen-bond donors (Lipinski definition) is 1. The Hall–Kier alpha value is -2.74. The van der Waals surface area contributed by atoms with E-state index in [9.17, 15) is 4.79 Å². The molecule has 0 aliphatic carbocycles. The molecule has 1 aliphatic heterocycles. The van der Waals surface area contributed by atoms with Gasteiger partial charge < -0.3 is 15.0 Å². The first-order valence-electron chi connectivity index (χ1n) is 10.3. The van der Waals surface area contributed by atoms with Crippen LogP contribution in [0.2, 0.25) is 0 Å². The zero-order valence-electron chi connectivity index (χ0n) is 17.5. The first-order valence-corrected chi connectivity index (χ1v) is 11.9. The van der Waals surface area contributed by atoms with Crippen molar-refractivity contribution >= 4 is 43.8 Å². The molecule has 0 radical (unpaired) electrons. The summed E-state index contributed by atoms with van der Waals surface area (Å²) in [5.74, 6) is 0.578. The highest BCUT2D eigenvalue weighted by molar-refractivity contribution is 7.22. The summed E-state index contributed by atoms with van der Waals surface area (Å²) >= 11 is 3.34. The summed E-state index contributed by atoms with van der Waals surface area (Å²) in [4.78, 5) is 21.3. The van der Waals surface area contributed by atoms with Crippen LogP contribution in [-0.4, -0.2) is 36.0 Å². The van der Waals surface area contributed by atoms with Crippen LogP contribution in [0.5, 0.6) is 5.75 Å². The van der Waals surface area contributed by atoms with Gasteiger partial charge in [0.05, 0.1) is 10.2 Å². The molecule has 1 N–H and O–H groups in total. The number of aromatic nitrogens is 1. The van der Waals surface area contributed by atoms with Crippen LogP contribution < -0.4 is 10.1 Å². The maximum atomic E-state index is 12.8. The Balaban J connectivity index is 1.45. The fraction of sp³-hybridized carbons (Fsp3) is 0.250. The Labute approximate surface area is 189 Å². The lowest BCUT2D eigenvalue weighted by molar-refractivity contribution is -0.118. The van der Waals surface area contributed by atoms with Crippen LogP contribution in [-0.2, 0) is 17.8 Å². The van der Waals surface area contributed by atoms with Gasteiger partial charge in [-0.15, -0.1) is 22.7 Å². The molecule has 31 heavy (non-hydrogen) atoms. The minimum Gasteiger partial charge on any atom is -0.483 e. The van der Waals surface area contributed by atoms with Crippen LogP contribution in [0.1, 0.15) is 16.0 Å². The number of fused-ring (bicyclic) bond motifs is 2. The number of nitrogens with zero attached hydrogens (tertiary/aromatic N) is 2. The highest BCUT2D eigenvalue weighted by atomic mass is 32.1. The number of benzene rings is 2. The van der Waals surface area contributed by atoms with E-state index in [1.807, 2.05) is 49.4 Å². The van der Waals surface area contributed by atoms with Crippen molar-refractivity contribution in [2.75, 3.05) is 25.5 Å². The summed E-state index contributed by atoms with van der Waals surface area (Å²) in [5.41, 5.74) is 4.41. The largest absolute Gasteiger partial charge is 0.483 e. The topological polar surface area (TPSA) is 54.5 Å². The van der Waals surface area contributed by atoms with E-state index in [0.717, 1.165) is 56.6 Å². The number of carbonyl (C=O) groups excluding carboxylic acids is 1. The van der Waals surface area contributed by atoms with Crippen molar-refractivity contribution in [2.24, 2.45) is 0 Å². The van der Waals surface area contributed by atoms with E-state index in [1.54, 1.807) is 22.7 Å². The standard InChI is InChI=1S/C24H23N3O2S2/c1-15-7-3-5-9-18(15)29-14-21(28)26-24-22(16-11-12-27(2)13-20(16)31-24)23-25-17-8-4-6-10-19(17)30-23/h3-10H,11-14H2,1-2H3,(H,26,28). The highest BCUT2D eigenvalue weighted by Crippen LogP contribution is 2.45. The van der Waals surface area contributed by atoms with Crippen molar-refractivity contribution < 1.29 is 9.53 Å². The number of thiazole rings is 1. The fourth-order valence-corrected chi connectivity index (χ4v) is 6.30. The predicted octanol–water partition coefficient (Wildman–Crippen LogP) is 5.34. The number of aryl methyl sites for hydroxylation is 1. The van der Waals surface area contributed by atoms with Gasteiger partial charge in [0.2, 0.25) is 0 Å². The maximum Gasteiger partial charge on any atom is 0.262 e. The molecule has 0 atom stereocenters. The number of para-hydroxylation sites is 2. The molecule has 0 spiro atoms. The molecule has 1 aliphatic rings. The van der Waals surface area contributed by atoms with Crippen molar-refractivity contribution in [2.45, 2.75) is 19.9 Å². The molecule has 5 rings (SSSR count). The molecule has 0 saturated heterocycles. The molecular weight excluding hydrogens is 426 g/mol. The van der Waals surface area contributed by atoms with Gasteiger partial charge >= 0.3 is 0 Å². The zero-order valence-corrected chi connectivity index (χ0v) is 19.1. The second kappa shape index (κ2) is 8.42. The average Bonchev–Trinajstić information content (AvgIpc) is 3.33. The number of rotatable bonds is 5. The van der Waals surface area contributed by atoms with Crippen LogP contribution >= 0.6 is 22.7 Å². The lowest BCUT2D eigenvalue weighted by Crippen LogP contribution is -2.25. The van der Waals surface area contributed by atoms with Gasteiger partial charge in [0.15, 0.2) is 6.61 Å². The fourth-order valence-electron chi connectivity index (χ4n) is 3.85. The summed E-state index contributed by atoms with van der Waals surface area (Å²) in [5, 5.41) is 4.96. The monoisotopic (exact) mass is 449 g/mol. The summed E-state index contributed by atoms with van der Waals surface area (Å²) in [7, 11) is 2.13. The van der Waals surface area contributed by atoms with Gasteiger partial charge in [0.1, 0.15) is 15.8 Å². The molecule has 5 nitrogen and oxygen atoms in total. The van der Waals surface area contributed by atoms with Gasteiger partial charge in [0, 0.05) is 23.5 Å². The van der Waals surface area contributed by atoms with E-state index in [4.69, 9.17) is 9.72 Å². The molecule has 7 heteroatoms. The number of likely N-dealkylation sites (N-methyl/N-ethyl adjacent to an activating group) is 1. The minimum atomic E-state index is -0.155. The van der Waals surface area contributed by atoms with Crippen molar-refractivity contribution in [1.29, 1.82) is 0 Å². The van der Waals surface area contributed by atoms with Crippen LogP contribution in [0.25, 0.3) is 20.8 Å². The third-order valence-corrected chi connectivity index (χ3v) is 7.65. The zero-order chi connectivity index (χ0) is 21.4. The minimum absolute atomic E-state index is 0.0212. The van der Waals surface area contributed by atoms with E-state index in [2.05, 4.69) is 23.3 Å². The van der Waals surface area contributed by atoms with Gasteiger partial charge in [-0.2, -0.15) is 0 Å². The average molecular weight is 450 g/mol. The normalized spacial score (nSPS) is 13.9. The molecule has 0 fully saturated rings. The summed E-state index contributed by atoms with van der Waals surface area (Å²) in [6.45, 7) is 3.85. The van der Waals surface area contributed by atoms with E-state index in [-0.39, 0.29) is 12.5 Å². The number of carbonyl (C=O) groups is 1. The molecule has 158 valence electrons. The van der Waals surface area contributed by atoms with Gasteiger partial charge in [-0.05, 0) is 49.7 Å². The van der Waals surface area contributed by atoms with Crippen molar-refractivity contribution in [1.82, 2.24) is 9.88 Å². The van der Waals surface area contributed by atoms with Crippen molar-refractivity contribution in [3.05, 3.63) is 64.5 Å². The molecule has 0 saturated carbocycles. The van der Waals surface area contributed by atoms with Gasteiger partial charge in [0.25, 0.3) is 5.91 Å². The molecule has 1 amide bonds. The first-order chi connectivity index (χ1) is 15.1. The highest BCUT2D eigenvalue weighted by Gasteiger charge is 2.26. The van der Waals surface area contributed by atoms with Gasteiger partial charge in [-0.1, -0.05) is 30.3 Å². The Bertz CT molecular complexity index is 1230. The summed E-state index contributed by atoms with van der Waals surface area (Å²) < 4.78 is 6.91. The lowest BCUT2D eigenvalue weighted by Gasteiger charge is -2.22. The van der Waals surface area contributed by atoms with Gasteiger partial charge in [-0.3, -0.25) is 4.79 Å². The third-order valence-electron chi connectivity index (χ3n) is 5.46. The third kappa shape index (κ3) is 4.08. The summed E-state index contributed by atoms with van der Waals surface area (Å²) in [6.07, 6.45) is 0.961. The van der Waals surface area contributed by atoms with Crippen molar-refractivity contribution in [3.8, 4) is 16.3 Å². The number of nitrogens with one attached hydrogen (secondary N) is 1. The Kier molecular flexibility index (Phi) is 5.48. The summed E-state index contributed by atoms with van der Waals surface area (Å²) in [6, 6.07) is 15.9. The second-order valence-corrected chi connectivity index (χ2v) is 9.92. The molecular formula is C24H23N3O2S2. The number of ether oxygens (including phenoxy) is 1. The quantitative estimate of drug-likeness (QED) is 0.447. The van der Waals surface area contributed by atoms with Gasteiger partial charge in [-0.25, -0.2) is 4.98 Å². The Morgan fingerprint density at radius 2 is 1.97 bits per heavy atom. The second-order valence-electron chi connectivity index (χ2n) is 7.78. The van der Waals surface area contributed by atoms with E-state index < -0.39 is 0 Å². The number of hydrogen-bond acceptors (Lipinski definition) is 6. The molecule has 0 unspecified atom stereocenters. The van der Waals surface area contributed by atoms with Crippen LogP contribution in [0.4, 0.5) is 5.00 Å². The van der Waals surface area contributed by atoms with Crippen molar-refractivity contribution in [3.63, 3.8) is 0 Å². The van der Waals surface area contributed by atoms with Crippen LogP contribution in [0.15, 0.2) is 48.5 Å². The van der Waals surface area contributed by atoms with E-state index in [1.165, 1.54) is 10.4 Å². The molecule has 2 aromatic heterocycles. The van der Waals surface area contributed by atoms with Crippen LogP contribution in [0.3, 0.4) is 0 Å². The molecule has 2 aromatic carbocycles. The molecule has 0 bridgehead atoms.